The van der Waals surface area contributed by atoms with Crippen molar-refractivity contribution in [3.63, 3.8) is 0 Å². The van der Waals surface area contributed by atoms with Gasteiger partial charge in [0.1, 0.15) is 0 Å². The quantitative estimate of drug-likeness (QED) is 0.823. The van der Waals surface area contributed by atoms with Crippen LogP contribution in [0.2, 0.25) is 5.02 Å². The zero-order valence-electron chi connectivity index (χ0n) is 15.0. The number of hydrogen-bond donors (Lipinski definition) is 2. The van der Waals surface area contributed by atoms with Gasteiger partial charge in [0, 0.05) is 18.8 Å². The number of nitrogens with two attached hydrogens (primary N) is 1. The maximum atomic E-state index is 12.7. The zero-order chi connectivity index (χ0) is 17.9. The summed E-state index contributed by atoms with van der Waals surface area (Å²) in [6, 6.07) is 5.20. The Kier molecular flexibility index (Phi) is 7.72. The third kappa shape index (κ3) is 5.59. The Morgan fingerprint density at radius 2 is 1.84 bits per heavy atom. The third-order valence-corrected chi connectivity index (χ3v) is 4.80. The molecule has 0 atom stereocenters. The molecule has 0 heterocycles. The largest absolute Gasteiger partial charge is 0.339 e. The highest BCUT2D eigenvalue weighted by atomic mass is 35.5. The van der Waals surface area contributed by atoms with Crippen molar-refractivity contribution < 1.29 is 9.59 Å². The van der Waals surface area contributed by atoms with Crippen LogP contribution in [0.25, 0.3) is 0 Å². The second-order valence-electron chi connectivity index (χ2n) is 7.08. The standard InChI is InChI=1S/C18H26ClN3O2.ClH/c1-18(2,20)17(24)21-12-9-10-14(15(19)11-12)16(23)22(3)13-7-5-4-6-8-13;/h9-11,13H,4-8,20H2,1-3H3,(H,21,24);1H. The Balaban J connectivity index is 0.00000312. The third-order valence-electron chi connectivity index (χ3n) is 4.49. The number of benzene rings is 1. The minimum absolute atomic E-state index is 0. The zero-order valence-corrected chi connectivity index (χ0v) is 16.5. The topological polar surface area (TPSA) is 75.4 Å². The smallest absolute Gasteiger partial charge is 0.255 e. The molecule has 5 nitrogen and oxygen atoms in total. The molecule has 140 valence electrons. The van der Waals surface area contributed by atoms with E-state index in [1.54, 1.807) is 36.9 Å². The molecule has 0 aromatic heterocycles. The van der Waals surface area contributed by atoms with Crippen LogP contribution in [0.3, 0.4) is 0 Å². The molecule has 0 spiro atoms. The van der Waals surface area contributed by atoms with Crippen molar-refractivity contribution in [3.8, 4) is 0 Å². The van der Waals surface area contributed by atoms with Crippen molar-refractivity contribution in [3.05, 3.63) is 28.8 Å². The van der Waals surface area contributed by atoms with Crippen LogP contribution < -0.4 is 11.1 Å². The molecule has 25 heavy (non-hydrogen) atoms. The summed E-state index contributed by atoms with van der Waals surface area (Å²) >= 11 is 6.27. The van der Waals surface area contributed by atoms with Gasteiger partial charge >= 0.3 is 0 Å². The Morgan fingerprint density at radius 1 is 1.24 bits per heavy atom. The molecule has 1 fully saturated rings. The molecule has 0 aliphatic heterocycles. The SMILES string of the molecule is CN(C(=O)c1ccc(NC(=O)C(C)(C)N)cc1Cl)C1CCCCC1.Cl. The van der Waals surface area contributed by atoms with Crippen LogP contribution in [-0.4, -0.2) is 35.3 Å². The van der Waals surface area contributed by atoms with E-state index in [1.807, 2.05) is 7.05 Å². The van der Waals surface area contributed by atoms with Gasteiger partial charge in [-0.3, -0.25) is 9.59 Å². The van der Waals surface area contributed by atoms with E-state index in [0.717, 1.165) is 25.7 Å². The highest BCUT2D eigenvalue weighted by Gasteiger charge is 2.25. The normalized spacial score (nSPS) is 15.2. The summed E-state index contributed by atoms with van der Waals surface area (Å²) in [6.45, 7) is 3.25. The number of nitrogens with zero attached hydrogens (tertiary/aromatic N) is 1. The van der Waals surface area contributed by atoms with Crippen LogP contribution in [0.15, 0.2) is 18.2 Å². The van der Waals surface area contributed by atoms with Gasteiger partial charge in [0.05, 0.1) is 16.1 Å². The Labute approximate surface area is 160 Å². The fourth-order valence-corrected chi connectivity index (χ4v) is 3.14. The van der Waals surface area contributed by atoms with Crippen molar-refractivity contribution in [1.82, 2.24) is 4.90 Å². The second kappa shape index (κ2) is 8.88. The van der Waals surface area contributed by atoms with Crippen LogP contribution >= 0.6 is 24.0 Å². The molecule has 1 aliphatic carbocycles. The van der Waals surface area contributed by atoms with Crippen molar-refractivity contribution >= 4 is 41.5 Å². The van der Waals surface area contributed by atoms with Gasteiger partial charge in [0.25, 0.3) is 5.91 Å². The van der Waals surface area contributed by atoms with Crippen LogP contribution in [-0.2, 0) is 4.79 Å². The maximum absolute atomic E-state index is 12.7. The summed E-state index contributed by atoms with van der Waals surface area (Å²) in [5.41, 5.74) is 5.76. The lowest BCUT2D eigenvalue weighted by molar-refractivity contribution is -0.120. The van der Waals surface area contributed by atoms with Crippen LogP contribution in [0.4, 0.5) is 5.69 Å². The summed E-state index contributed by atoms with van der Waals surface area (Å²) in [6.07, 6.45) is 5.65. The van der Waals surface area contributed by atoms with Gasteiger partial charge in [-0.2, -0.15) is 0 Å². The molecule has 0 unspecified atom stereocenters. The number of amides is 2. The monoisotopic (exact) mass is 387 g/mol. The molecule has 1 aromatic rings. The Morgan fingerprint density at radius 3 is 2.36 bits per heavy atom. The van der Waals surface area contributed by atoms with Gasteiger partial charge in [0.2, 0.25) is 5.91 Å². The molecular formula is C18H27Cl2N3O2. The Hall–Kier alpha value is -1.30. The molecular weight excluding hydrogens is 361 g/mol. The predicted molar refractivity (Wildman–Crippen MR) is 105 cm³/mol. The molecule has 7 heteroatoms. The summed E-state index contributed by atoms with van der Waals surface area (Å²) in [7, 11) is 1.83. The number of hydrogen-bond acceptors (Lipinski definition) is 3. The van der Waals surface area contributed by atoms with Crippen molar-refractivity contribution in [2.24, 2.45) is 5.73 Å². The molecule has 0 radical (unpaired) electrons. The van der Waals surface area contributed by atoms with E-state index in [9.17, 15) is 9.59 Å². The van der Waals surface area contributed by atoms with Crippen LogP contribution in [0.5, 0.6) is 0 Å². The molecule has 0 bridgehead atoms. The number of anilines is 1. The number of halogens is 2. The fourth-order valence-electron chi connectivity index (χ4n) is 2.88. The van der Waals surface area contributed by atoms with Gasteiger partial charge in [-0.05, 0) is 44.9 Å². The average Bonchev–Trinajstić information content (AvgIpc) is 2.53. The van der Waals surface area contributed by atoms with Crippen LogP contribution in [0, 0.1) is 0 Å². The Bertz CT molecular complexity index is 623. The highest BCUT2D eigenvalue weighted by molar-refractivity contribution is 6.34. The lowest BCUT2D eigenvalue weighted by Gasteiger charge is -2.31. The van der Waals surface area contributed by atoms with E-state index in [4.69, 9.17) is 17.3 Å². The van der Waals surface area contributed by atoms with Crippen molar-refractivity contribution in [1.29, 1.82) is 0 Å². The van der Waals surface area contributed by atoms with E-state index < -0.39 is 5.54 Å². The highest BCUT2D eigenvalue weighted by Crippen LogP contribution is 2.26. The van der Waals surface area contributed by atoms with Gasteiger partial charge in [-0.1, -0.05) is 30.9 Å². The summed E-state index contributed by atoms with van der Waals surface area (Å²) in [5, 5.41) is 3.04. The molecule has 2 amide bonds. The van der Waals surface area contributed by atoms with E-state index in [1.165, 1.54) is 6.42 Å². The van der Waals surface area contributed by atoms with E-state index in [-0.39, 0.29) is 30.3 Å². The maximum Gasteiger partial charge on any atom is 0.255 e. The lowest BCUT2D eigenvalue weighted by Crippen LogP contribution is -2.45. The minimum Gasteiger partial charge on any atom is -0.339 e. The molecule has 0 saturated heterocycles. The predicted octanol–water partition coefficient (Wildman–Crippen LogP) is 3.84. The first-order valence-corrected chi connectivity index (χ1v) is 8.75. The van der Waals surface area contributed by atoms with Gasteiger partial charge in [-0.15, -0.1) is 12.4 Å². The first-order chi connectivity index (χ1) is 11.2. The van der Waals surface area contributed by atoms with Crippen molar-refractivity contribution in [2.45, 2.75) is 57.5 Å². The molecule has 1 saturated carbocycles. The number of rotatable bonds is 4. The molecule has 2 rings (SSSR count). The minimum atomic E-state index is -0.984. The molecule has 1 aliphatic rings. The van der Waals surface area contributed by atoms with E-state index in [0.29, 0.717) is 16.3 Å². The molecule has 1 aromatic carbocycles. The number of nitrogens with one attached hydrogen (secondary N) is 1. The first-order valence-electron chi connectivity index (χ1n) is 8.37. The van der Waals surface area contributed by atoms with Gasteiger partial charge < -0.3 is 16.0 Å². The van der Waals surface area contributed by atoms with Crippen molar-refractivity contribution in [2.75, 3.05) is 12.4 Å². The second-order valence-corrected chi connectivity index (χ2v) is 7.49. The summed E-state index contributed by atoms with van der Waals surface area (Å²) in [4.78, 5) is 26.4. The number of carbonyl (C=O) groups excluding carboxylic acids is 2. The fraction of sp³-hybridized carbons (Fsp3) is 0.556. The van der Waals surface area contributed by atoms with Crippen LogP contribution in [0.1, 0.15) is 56.3 Å². The van der Waals surface area contributed by atoms with E-state index >= 15 is 0 Å². The lowest BCUT2D eigenvalue weighted by atomic mass is 9.94. The van der Waals surface area contributed by atoms with E-state index in [2.05, 4.69) is 5.32 Å². The summed E-state index contributed by atoms with van der Waals surface area (Å²) in [5.74, 6) is -0.388. The number of carbonyl (C=O) groups is 2. The molecule has 3 N–H and O–H groups in total. The van der Waals surface area contributed by atoms with Gasteiger partial charge in [-0.25, -0.2) is 0 Å². The van der Waals surface area contributed by atoms with Gasteiger partial charge in [0.15, 0.2) is 0 Å². The summed E-state index contributed by atoms with van der Waals surface area (Å²) < 4.78 is 0. The first kappa shape index (κ1) is 21.7. The average molecular weight is 388 g/mol.